The van der Waals surface area contributed by atoms with Gasteiger partial charge in [0.15, 0.2) is 5.82 Å². The molecule has 334 valence electrons. The molecule has 16 heteroatoms. The molecule has 7 heterocycles. The largest absolute Gasteiger partial charge is 0.438 e. The highest BCUT2D eigenvalue weighted by Gasteiger charge is 2.52. The topological polar surface area (TPSA) is 158 Å². The van der Waals surface area contributed by atoms with E-state index < -0.39 is 17.3 Å². The highest BCUT2D eigenvalue weighted by molar-refractivity contribution is 6.00. The SMILES string of the molecule is Cc1cc(-n2nc3c(c2-n2ccn(-c4ccc5c(c4)CC(=O)N(C)C5)c2=O)[C@H](C)N(C(=O)c2cc4cc([C@H]5CCOC(C)(C)C5)ccc4n2C2(c4noc(=O)[nH]4)CC2)CC3)cc(C)c1F. The Bertz CT molecular complexity index is 3230. The van der Waals surface area contributed by atoms with Gasteiger partial charge in [0, 0.05) is 62.0 Å². The van der Waals surface area contributed by atoms with Gasteiger partial charge in [0.1, 0.15) is 22.9 Å². The second-order valence-electron chi connectivity index (χ2n) is 19.1. The molecule has 0 bridgehead atoms. The monoisotopic (exact) mass is 879 g/mol. The van der Waals surface area contributed by atoms with E-state index in [1.54, 1.807) is 64.1 Å². The van der Waals surface area contributed by atoms with Crippen LogP contribution in [0.2, 0.25) is 0 Å². The average Bonchev–Trinajstić information content (AvgIpc) is 3.56. The van der Waals surface area contributed by atoms with Crippen molar-refractivity contribution in [2.45, 2.75) is 103 Å². The number of ether oxygens (including phenoxy) is 1. The lowest BCUT2D eigenvalue weighted by atomic mass is 9.83. The van der Waals surface area contributed by atoms with Gasteiger partial charge in [-0.25, -0.2) is 18.7 Å². The quantitative estimate of drug-likeness (QED) is 0.186. The third-order valence-electron chi connectivity index (χ3n) is 14.3. The molecule has 2 fully saturated rings. The number of halogens is 1. The van der Waals surface area contributed by atoms with Gasteiger partial charge in [-0.05, 0) is 137 Å². The predicted molar refractivity (Wildman–Crippen MR) is 239 cm³/mol. The van der Waals surface area contributed by atoms with Crippen molar-refractivity contribution >= 4 is 22.7 Å². The van der Waals surface area contributed by atoms with Gasteiger partial charge < -0.3 is 19.1 Å². The number of nitrogens with one attached hydrogen (secondary N) is 1. The minimum absolute atomic E-state index is 0.0117. The van der Waals surface area contributed by atoms with Crippen LogP contribution in [0.3, 0.4) is 0 Å². The number of hydrogen-bond donors (Lipinski definition) is 1. The van der Waals surface area contributed by atoms with E-state index in [-0.39, 0.29) is 41.3 Å². The van der Waals surface area contributed by atoms with E-state index in [4.69, 9.17) is 14.4 Å². The van der Waals surface area contributed by atoms with E-state index in [0.29, 0.717) is 84.4 Å². The van der Waals surface area contributed by atoms with Gasteiger partial charge in [0.25, 0.3) is 5.91 Å². The zero-order chi connectivity index (χ0) is 45.3. The maximum Gasteiger partial charge on any atom is 0.438 e. The molecule has 1 saturated carbocycles. The molecule has 0 unspecified atom stereocenters. The Labute approximate surface area is 373 Å². The number of carbonyl (C=O) groups is 2. The summed E-state index contributed by atoms with van der Waals surface area (Å²) in [6, 6.07) is 16.9. The Morgan fingerprint density at radius 1 is 0.938 bits per heavy atom. The van der Waals surface area contributed by atoms with Crippen molar-refractivity contribution in [2.24, 2.45) is 0 Å². The van der Waals surface area contributed by atoms with Crippen LogP contribution >= 0.6 is 0 Å². The highest BCUT2D eigenvalue weighted by atomic mass is 19.1. The zero-order valence-corrected chi connectivity index (χ0v) is 37.3. The van der Waals surface area contributed by atoms with Crippen LogP contribution in [0.4, 0.5) is 4.39 Å². The van der Waals surface area contributed by atoms with Crippen molar-refractivity contribution < 1.29 is 23.2 Å². The Morgan fingerprint density at radius 3 is 2.43 bits per heavy atom. The Balaban J connectivity index is 1.03. The number of aromatic nitrogens is 7. The van der Waals surface area contributed by atoms with Crippen LogP contribution in [-0.2, 0) is 34.5 Å². The smallest absolute Gasteiger partial charge is 0.376 e. The summed E-state index contributed by atoms with van der Waals surface area (Å²) in [5.74, 6) is -0.0969. The molecule has 11 rings (SSSR count). The van der Waals surface area contributed by atoms with E-state index in [0.717, 1.165) is 40.6 Å². The maximum absolute atomic E-state index is 15.5. The van der Waals surface area contributed by atoms with Crippen molar-refractivity contribution in [3.63, 3.8) is 0 Å². The van der Waals surface area contributed by atoms with E-state index >= 15 is 9.18 Å². The molecule has 1 N–H and O–H groups in total. The van der Waals surface area contributed by atoms with Crippen molar-refractivity contribution in [1.82, 2.24) is 43.4 Å². The number of benzene rings is 3. The van der Waals surface area contributed by atoms with Gasteiger partial charge in [-0.3, -0.25) is 28.2 Å². The Morgan fingerprint density at radius 2 is 1.71 bits per heavy atom. The highest BCUT2D eigenvalue weighted by Crippen LogP contribution is 2.51. The normalized spacial score (nSPS) is 20.0. The fourth-order valence-corrected chi connectivity index (χ4v) is 10.7. The van der Waals surface area contributed by atoms with E-state index in [2.05, 4.69) is 42.2 Å². The number of fused-ring (bicyclic) bond motifs is 3. The molecule has 2 atom stereocenters. The molecule has 65 heavy (non-hydrogen) atoms. The van der Waals surface area contributed by atoms with Gasteiger partial charge >= 0.3 is 11.4 Å². The number of imidazole rings is 1. The summed E-state index contributed by atoms with van der Waals surface area (Å²) >= 11 is 0. The van der Waals surface area contributed by atoms with Crippen LogP contribution in [0.15, 0.2) is 81.1 Å². The minimum atomic E-state index is -0.796. The summed E-state index contributed by atoms with van der Waals surface area (Å²) < 4.78 is 33.0. The molecule has 7 aromatic rings. The first-order valence-electron chi connectivity index (χ1n) is 22.3. The third-order valence-corrected chi connectivity index (χ3v) is 14.3. The Kier molecular flexibility index (Phi) is 9.20. The number of hydrogen-bond acceptors (Lipinski definition) is 8. The van der Waals surface area contributed by atoms with Gasteiger partial charge in [-0.1, -0.05) is 17.3 Å². The number of likely N-dealkylation sites (N-methyl/N-ethyl adjacent to an activating group) is 1. The molecule has 2 amide bonds. The van der Waals surface area contributed by atoms with Crippen molar-refractivity contribution in [2.75, 3.05) is 20.2 Å². The number of aromatic amines is 1. The van der Waals surface area contributed by atoms with Gasteiger partial charge in [0.05, 0.1) is 35.1 Å². The summed E-state index contributed by atoms with van der Waals surface area (Å²) in [5.41, 5.74) is 6.41. The maximum atomic E-state index is 15.5. The van der Waals surface area contributed by atoms with Gasteiger partial charge in [-0.2, -0.15) is 5.10 Å². The number of H-pyrrole nitrogens is 1. The molecule has 1 aliphatic carbocycles. The van der Waals surface area contributed by atoms with Gasteiger partial charge in [0.2, 0.25) is 5.91 Å². The average molecular weight is 880 g/mol. The van der Waals surface area contributed by atoms with Crippen LogP contribution in [0.1, 0.15) is 114 Å². The summed E-state index contributed by atoms with van der Waals surface area (Å²) in [4.78, 5) is 61.5. The first-order valence-corrected chi connectivity index (χ1v) is 22.3. The number of rotatable bonds is 7. The summed E-state index contributed by atoms with van der Waals surface area (Å²) in [7, 11) is 1.78. The Hall–Kier alpha value is -6.81. The lowest BCUT2D eigenvalue weighted by molar-refractivity contribution is -0.130. The molecule has 3 aliphatic heterocycles. The molecule has 15 nitrogen and oxygen atoms in total. The molecular weight excluding hydrogens is 830 g/mol. The molecule has 4 aromatic heterocycles. The van der Waals surface area contributed by atoms with Crippen molar-refractivity contribution in [1.29, 1.82) is 0 Å². The second kappa shape index (κ2) is 14.6. The van der Waals surface area contributed by atoms with Crippen LogP contribution in [0.5, 0.6) is 0 Å². The summed E-state index contributed by atoms with van der Waals surface area (Å²) in [6.45, 7) is 11.1. The van der Waals surface area contributed by atoms with E-state index in [1.807, 2.05) is 40.7 Å². The number of amides is 2. The molecule has 3 aromatic carbocycles. The van der Waals surface area contributed by atoms with Gasteiger partial charge in [-0.15, -0.1) is 0 Å². The van der Waals surface area contributed by atoms with E-state index in [1.165, 1.54) is 5.56 Å². The fourth-order valence-electron chi connectivity index (χ4n) is 10.7. The van der Waals surface area contributed by atoms with E-state index in [9.17, 15) is 14.4 Å². The van der Waals surface area contributed by atoms with Crippen LogP contribution in [-0.4, -0.2) is 81.0 Å². The number of carbonyl (C=O) groups excluding carboxylic acids is 2. The van der Waals surface area contributed by atoms with Crippen molar-refractivity contribution in [3.8, 4) is 17.2 Å². The second-order valence-corrected chi connectivity index (χ2v) is 19.1. The van der Waals surface area contributed by atoms with Crippen LogP contribution in [0.25, 0.3) is 28.1 Å². The van der Waals surface area contributed by atoms with Crippen molar-refractivity contribution in [3.05, 3.63) is 144 Å². The summed E-state index contributed by atoms with van der Waals surface area (Å²) in [5, 5.41) is 10.2. The standard InChI is InChI=1S/C49H50FN9O6/c1-27-19-36(20-28(2)42(27)50)59-43(57-17-16-56(47(57)63)35-9-7-32-26-54(6)40(60)24-33(32)22-35)41-29(3)55(15-11-37(41)52-59)44(61)39-23-34-21-30(31-12-18-64-48(4,5)25-31)8-10-38(34)58(39)49(13-14-49)45-51-46(62)65-53-45/h7-10,16-17,19-23,29,31H,11-15,18,24-26H2,1-6H3,(H,51,53,62)/t29-,31-/m0/s1. The fraction of sp³-hybridized carbons (Fsp3) is 0.388. The molecule has 4 aliphatic rings. The minimum Gasteiger partial charge on any atom is -0.376 e. The molecular formula is C49H50FN9O6. The zero-order valence-electron chi connectivity index (χ0n) is 37.3. The first kappa shape index (κ1) is 40.9. The third kappa shape index (κ3) is 6.54. The number of nitrogens with zero attached hydrogens (tertiary/aromatic N) is 8. The first-order chi connectivity index (χ1) is 31.1. The summed E-state index contributed by atoms with van der Waals surface area (Å²) in [6.07, 6.45) is 7.06. The lowest BCUT2D eigenvalue weighted by Gasteiger charge is -2.35. The lowest BCUT2D eigenvalue weighted by Crippen LogP contribution is -2.41. The number of aryl methyl sites for hydroxylation is 2. The van der Waals surface area contributed by atoms with Crippen LogP contribution < -0.4 is 11.4 Å². The predicted octanol–water partition coefficient (Wildman–Crippen LogP) is 6.68. The molecule has 0 radical (unpaired) electrons. The molecule has 1 saturated heterocycles. The molecule has 0 spiro atoms. The van der Waals surface area contributed by atoms with Crippen LogP contribution in [0, 0.1) is 19.7 Å².